The number of piperidine rings is 1. The number of carbonyl (C=O) groups is 1. The van der Waals surface area contributed by atoms with E-state index in [4.69, 9.17) is 0 Å². The smallest absolute Gasteiger partial charge is 0.219 e. The fourth-order valence-corrected chi connectivity index (χ4v) is 1.59. The van der Waals surface area contributed by atoms with Gasteiger partial charge in [0.1, 0.15) is 6.61 Å². The molecule has 1 heterocycles. The van der Waals surface area contributed by atoms with E-state index in [1.807, 2.05) is 0 Å². The minimum absolute atomic E-state index is 0.0266. The van der Waals surface area contributed by atoms with Crippen molar-refractivity contribution < 1.29 is 9.90 Å². The molecule has 1 radical (unpaired) electrons. The molecule has 1 amide bonds. The molecule has 0 aliphatic carbocycles. The van der Waals surface area contributed by atoms with Gasteiger partial charge in [-0.3, -0.25) is 4.79 Å². The summed E-state index contributed by atoms with van der Waals surface area (Å²) in [7, 11) is 0. The lowest BCUT2D eigenvalue weighted by molar-refractivity contribution is -0.134. The summed E-state index contributed by atoms with van der Waals surface area (Å²) in [5.41, 5.74) is 0. The topological polar surface area (TPSA) is 40.2 Å². The molecule has 3 nitrogen and oxygen atoms in total. The van der Waals surface area contributed by atoms with Crippen molar-refractivity contribution in [2.75, 3.05) is 13.2 Å². The number of amides is 1. The van der Waals surface area contributed by atoms with Crippen LogP contribution in [0.2, 0.25) is 0 Å². The average Bonchev–Trinajstić information content (AvgIpc) is 2.04. The molecule has 63 valence electrons. The Morgan fingerprint density at radius 2 is 2.27 bits per heavy atom. The summed E-state index contributed by atoms with van der Waals surface area (Å²) >= 11 is 0. The van der Waals surface area contributed by atoms with Crippen LogP contribution in [-0.2, 0) is 9.90 Å². The molecule has 1 unspecified atom stereocenters. The van der Waals surface area contributed by atoms with Crippen LogP contribution in [0.5, 0.6) is 0 Å². The van der Waals surface area contributed by atoms with E-state index in [1.54, 1.807) is 4.90 Å². The van der Waals surface area contributed by atoms with Gasteiger partial charge in [0.05, 0.1) is 6.04 Å². The van der Waals surface area contributed by atoms with E-state index in [9.17, 15) is 9.90 Å². The van der Waals surface area contributed by atoms with Gasteiger partial charge in [-0.25, -0.2) is 5.11 Å². The lowest BCUT2D eigenvalue weighted by Crippen LogP contribution is -2.44. The lowest BCUT2D eigenvalue weighted by atomic mass is 10.0. The van der Waals surface area contributed by atoms with Crippen LogP contribution in [0.3, 0.4) is 0 Å². The molecule has 0 aromatic heterocycles. The summed E-state index contributed by atoms with van der Waals surface area (Å²) in [5, 5.41) is 10.6. The highest BCUT2D eigenvalue weighted by Gasteiger charge is 2.23. The van der Waals surface area contributed by atoms with Crippen molar-refractivity contribution in [2.24, 2.45) is 0 Å². The van der Waals surface area contributed by atoms with Crippen molar-refractivity contribution in [1.29, 1.82) is 0 Å². The first-order chi connectivity index (χ1) is 5.25. The van der Waals surface area contributed by atoms with Gasteiger partial charge in [-0.15, -0.1) is 0 Å². The predicted molar refractivity (Wildman–Crippen MR) is 40.6 cm³/mol. The Labute approximate surface area is 67.0 Å². The van der Waals surface area contributed by atoms with E-state index in [0.29, 0.717) is 0 Å². The second-order valence-electron chi connectivity index (χ2n) is 3.03. The third-order valence-electron chi connectivity index (χ3n) is 2.22. The summed E-state index contributed by atoms with van der Waals surface area (Å²) < 4.78 is 0. The van der Waals surface area contributed by atoms with Crippen molar-refractivity contribution in [3.05, 3.63) is 0 Å². The molecule has 0 bridgehead atoms. The van der Waals surface area contributed by atoms with E-state index in [1.165, 1.54) is 6.92 Å². The van der Waals surface area contributed by atoms with Gasteiger partial charge < -0.3 is 4.90 Å². The molecular weight excluding hydrogens is 142 g/mol. The highest BCUT2D eigenvalue weighted by molar-refractivity contribution is 5.73. The van der Waals surface area contributed by atoms with Gasteiger partial charge in [0.25, 0.3) is 0 Å². The second-order valence-corrected chi connectivity index (χ2v) is 3.03. The predicted octanol–water partition coefficient (Wildman–Crippen LogP) is 0.818. The van der Waals surface area contributed by atoms with Crippen molar-refractivity contribution in [3.8, 4) is 0 Å². The second kappa shape index (κ2) is 3.72. The summed E-state index contributed by atoms with van der Waals surface area (Å²) in [6.45, 7) is 2.18. The molecule has 3 heteroatoms. The quantitative estimate of drug-likeness (QED) is 0.554. The Bertz CT molecular complexity index is 147. The maximum absolute atomic E-state index is 11.0. The first-order valence-corrected chi connectivity index (χ1v) is 4.11. The van der Waals surface area contributed by atoms with E-state index in [2.05, 4.69) is 0 Å². The molecule has 11 heavy (non-hydrogen) atoms. The normalized spacial score (nSPS) is 25.3. The number of hydrogen-bond acceptors (Lipinski definition) is 1. The highest BCUT2D eigenvalue weighted by Crippen LogP contribution is 2.16. The summed E-state index contributed by atoms with van der Waals surface area (Å²) in [5.74, 6) is 0.0468. The SMILES string of the molecule is CC(=O)N1CCCCC1C[O]. The van der Waals surface area contributed by atoms with Crippen molar-refractivity contribution in [2.45, 2.75) is 32.2 Å². The van der Waals surface area contributed by atoms with Crippen LogP contribution in [0, 0.1) is 0 Å². The maximum atomic E-state index is 11.0. The van der Waals surface area contributed by atoms with Gasteiger partial charge >= 0.3 is 0 Å². The molecule has 0 spiro atoms. The maximum Gasteiger partial charge on any atom is 0.219 e. The van der Waals surface area contributed by atoms with Gasteiger partial charge in [0.2, 0.25) is 5.91 Å². The first kappa shape index (κ1) is 8.53. The largest absolute Gasteiger partial charge is 0.338 e. The fraction of sp³-hybridized carbons (Fsp3) is 0.875. The molecule has 0 aromatic carbocycles. The van der Waals surface area contributed by atoms with Gasteiger partial charge in [-0.05, 0) is 19.3 Å². The average molecular weight is 156 g/mol. The van der Waals surface area contributed by atoms with Crippen LogP contribution in [0.4, 0.5) is 0 Å². The minimum Gasteiger partial charge on any atom is -0.338 e. The van der Waals surface area contributed by atoms with Crippen molar-refractivity contribution in [3.63, 3.8) is 0 Å². The lowest BCUT2D eigenvalue weighted by Gasteiger charge is -2.33. The third kappa shape index (κ3) is 1.93. The molecule has 1 saturated heterocycles. The molecule has 1 rings (SSSR count). The van der Waals surface area contributed by atoms with E-state index in [0.717, 1.165) is 25.8 Å². The number of rotatable bonds is 1. The summed E-state index contributed by atoms with van der Waals surface area (Å²) in [6.07, 6.45) is 3.04. The zero-order valence-electron chi connectivity index (χ0n) is 6.88. The number of nitrogens with zero attached hydrogens (tertiary/aromatic N) is 1. The third-order valence-corrected chi connectivity index (χ3v) is 2.22. The van der Waals surface area contributed by atoms with Gasteiger partial charge in [0, 0.05) is 13.5 Å². The van der Waals surface area contributed by atoms with Crippen LogP contribution < -0.4 is 0 Å². The monoisotopic (exact) mass is 156 g/mol. The fourth-order valence-electron chi connectivity index (χ4n) is 1.59. The first-order valence-electron chi connectivity index (χ1n) is 4.11. The van der Waals surface area contributed by atoms with Gasteiger partial charge in [-0.1, -0.05) is 0 Å². The van der Waals surface area contributed by atoms with E-state index in [-0.39, 0.29) is 18.6 Å². The minimum atomic E-state index is -0.139. The Hall–Kier alpha value is -0.570. The van der Waals surface area contributed by atoms with Crippen LogP contribution in [0.15, 0.2) is 0 Å². The van der Waals surface area contributed by atoms with Crippen LogP contribution in [-0.4, -0.2) is 30.0 Å². The molecule has 0 aromatic rings. The molecule has 1 atom stereocenters. The molecule has 1 aliphatic rings. The van der Waals surface area contributed by atoms with Crippen molar-refractivity contribution >= 4 is 5.91 Å². The van der Waals surface area contributed by atoms with Crippen molar-refractivity contribution in [1.82, 2.24) is 4.90 Å². The van der Waals surface area contributed by atoms with Gasteiger partial charge in [-0.2, -0.15) is 0 Å². The zero-order valence-corrected chi connectivity index (χ0v) is 6.88. The van der Waals surface area contributed by atoms with Gasteiger partial charge in [0.15, 0.2) is 0 Å². The standard InChI is InChI=1S/C8H14NO2/c1-7(11)9-5-3-2-4-8(9)6-10/h8H,2-6H2,1H3. The van der Waals surface area contributed by atoms with Crippen LogP contribution >= 0.6 is 0 Å². The van der Waals surface area contributed by atoms with Crippen LogP contribution in [0.25, 0.3) is 0 Å². The molecule has 0 N–H and O–H groups in total. The zero-order chi connectivity index (χ0) is 8.27. The number of hydrogen-bond donors (Lipinski definition) is 0. The van der Waals surface area contributed by atoms with Crippen LogP contribution in [0.1, 0.15) is 26.2 Å². The molecular formula is C8H14NO2. The Kier molecular flexibility index (Phi) is 2.88. The summed E-state index contributed by atoms with van der Waals surface area (Å²) in [4.78, 5) is 12.7. The number of carbonyl (C=O) groups excluding carboxylic acids is 1. The molecule has 1 fully saturated rings. The van der Waals surface area contributed by atoms with E-state index >= 15 is 0 Å². The Morgan fingerprint density at radius 3 is 2.73 bits per heavy atom. The Morgan fingerprint density at radius 1 is 1.55 bits per heavy atom. The highest BCUT2D eigenvalue weighted by atomic mass is 16.3. The van der Waals surface area contributed by atoms with E-state index < -0.39 is 0 Å². The molecule has 1 aliphatic heterocycles. The number of likely N-dealkylation sites (tertiary alicyclic amines) is 1. The summed E-state index contributed by atoms with van der Waals surface area (Å²) in [6, 6.07) is -0.0266. The Balaban J connectivity index is 2.51. The molecule has 0 saturated carbocycles.